The molecule has 0 unspecified atom stereocenters. The highest BCUT2D eigenvalue weighted by atomic mass is 16.7. The molecule has 0 saturated carbocycles. The third-order valence-electron chi connectivity index (χ3n) is 5.22. The lowest BCUT2D eigenvalue weighted by Crippen LogP contribution is -2.34. The molecule has 2 heterocycles. The van der Waals surface area contributed by atoms with Crippen LogP contribution in [0.2, 0.25) is 0 Å². The van der Waals surface area contributed by atoms with Crippen molar-refractivity contribution in [3.63, 3.8) is 0 Å². The minimum Gasteiger partial charge on any atom is -0.454 e. The van der Waals surface area contributed by atoms with E-state index >= 15 is 0 Å². The van der Waals surface area contributed by atoms with Gasteiger partial charge >= 0.3 is 0 Å². The number of aryl methyl sites for hydroxylation is 1. The van der Waals surface area contributed by atoms with E-state index in [1.165, 1.54) is 11.1 Å². The van der Waals surface area contributed by atoms with E-state index in [1.807, 2.05) is 11.0 Å². The molecular weight excluding hydrogens is 380 g/mol. The van der Waals surface area contributed by atoms with Crippen LogP contribution in [0.5, 0.6) is 11.5 Å². The van der Waals surface area contributed by atoms with Crippen LogP contribution in [0.15, 0.2) is 60.8 Å². The van der Waals surface area contributed by atoms with Crippen LogP contribution in [0.4, 0.5) is 0 Å². The van der Waals surface area contributed by atoms with Gasteiger partial charge in [0.15, 0.2) is 11.5 Å². The Balaban J connectivity index is 1.53. The summed E-state index contributed by atoms with van der Waals surface area (Å²) in [6.07, 6.45) is 2.05. The minimum atomic E-state index is -0.0616. The Hall–Kier alpha value is -3.25. The van der Waals surface area contributed by atoms with Crippen LogP contribution in [-0.2, 0) is 17.8 Å². The van der Waals surface area contributed by atoms with Gasteiger partial charge in [0.05, 0.1) is 13.2 Å². The van der Waals surface area contributed by atoms with Crippen molar-refractivity contribution in [1.82, 2.24) is 9.47 Å². The van der Waals surface area contributed by atoms with Gasteiger partial charge in [-0.3, -0.25) is 4.79 Å². The summed E-state index contributed by atoms with van der Waals surface area (Å²) in [6, 6.07) is 17.9. The molecule has 6 heteroatoms. The van der Waals surface area contributed by atoms with Crippen LogP contribution in [0.25, 0.3) is 0 Å². The predicted molar refractivity (Wildman–Crippen MR) is 114 cm³/mol. The maximum atomic E-state index is 13.2. The summed E-state index contributed by atoms with van der Waals surface area (Å²) in [7, 11) is 1.64. The van der Waals surface area contributed by atoms with Gasteiger partial charge in [0.2, 0.25) is 6.79 Å². The highest BCUT2D eigenvalue weighted by molar-refractivity contribution is 5.95. The van der Waals surface area contributed by atoms with E-state index in [1.54, 1.807) is 25.3 Å². The second kappa shape index (κ2) is 9.05. The molecule has 1 aromatic heterocycles. The summed E-state index contributed by atoms with van der Waals surface area (Å²) in [4.78, 5) is 15.1. The van der Waals surface area contributed by atoms with E-state index in [9.17, 15) is 4.79 Å². The summed E-state index contributed by atoms with van der Waals surface area (Å²) in [5, 5.41) is 0. The van der Waals surface area contributed by atoms with Crippen LogP contribution in [-0.4, -0.2) is 42.4 Å². The van der Waals surface area contributed by atoms with Gasteiger partial charge in [-0.15, -0.1) is 0 Å². The summed E-state index contributed by atoms with van der Waals surface area (Å²) >= 11 is 0. The van der Waals surface area contributed by atoms with E-state index in [2.05, 4.69) is 48.0 Å². The lowest BCUT2D eigenvalue weighted by atomic mass is 10.1. The number of methoxy groups -OCH3 is 1. The first-order chi connectivity index (χ1) is 14.6. The van der Waals surface area contributed by atoms with Crippen molar-refractivity contribution >= 4 is 5.91 Å². The van der Waals surface area contributed by atoms with Crippen molar-refractivity contribution in [2.45, 2.75) is 20.0 Å². The second-order valence-electron chi connectivity index (χ2n) is 7.40. The van der Waals surface area contributed by atoms with Gasteiger partial charge in [-0.25, -0.2) is 0 Å². The number of hydrogen-bond acceptors (Lipinski definition) is 4. The van der Waals surface area contributed by atoms with Gasteiger partial charge < -0.3 is 23.7 Å². The zero-order valence-electron chi connectivity index (χ0n) is 17.3. The van der Waals surface area contributed by atoms with Crippen molar-refractivity contribution in [3.8, 4) is 11.5 Å². The molecule has 0 N–H and O–H groups in total. The molecule has 6 nitrogen and oxygen atoms in total. The molecule has 1 aliphatic heterocycles. The molecular formula is C24H26N2O4. The molecule has 3 aromatic rings. The molecule has 2 aromatic carbocycles. The molecule has 0 fully saturated rings. The zero-order valence-corrected chi connectivity index (χ0v) is 17.3. The highest BCUT2D eigenvalue weighted by Gasteiger charge is 2.21. The SMILES string of the molecule is COCCN(Cc1cccn1Cc1ccc(C)cc1)C(=O)c1ccc2c(c1)OCO2. The van der Waals surface area contributed by atoms with Crippen molar-refractivity contribution in [1.29, 1.82) is 0 Å². The Morgan fingerprint density at radius 1 is 1.10 bits per heavy atom. The van der Waals surface area contributed by atoms with Gasteiger partial charge in [0.25, 0.3) is 5.91 Å². The number of carbonyl (C=O) groups is 1. The van der Waals surface area contributed by atoms with Gasteiger partial charge in [0, 0.05) is 37.7 Å². The van der Waals surface area contributed by atoms with Gasteiger partial charge in [-0.05, 0) is 42.8 Å². The number of fused-ring (bicyclic) bond motifs is 1. The number of rotatable bonds is 8. The minimum absolute atomic E-state index is 0.0616. The van der Waals surface area contributed by atoms with E-state index in [4.69, 9.17) is 14.2 Å². The highest BCUT2D eigenvalue weighted by Crippen LogP contribution is 2.33. The smallest absolute Gasteiger partial charge is 0.254 e. The number of nitrogens with zero attached hydrogens (tertiary/aromatic N) is 2. The summed E-state index contributed by atoms with van der Waals surface area (Å²) in [6.45, 7) is 4.50. The Bertz CT molecular complexity index is 1010. The van der Waals surface area contributed by atoms with Crippen molar-refractivity contribution < 1.29 is 19.0 Å². The predicted octanol–water partition coefficient (Wildman–Crippen LogP) is 3.86. The van der Waals surface area contributed by atoms with Crippen LogP contribution in [0, 0.1) is 6.92 Å². The molecule has 0 bridgehead atoms. The molecule has 0 spiro atoms. The average molecular weight is 406 g/mol. The lowest BCUT2D eigenvalue weighted by Gasteiger charge is -2.23. The Morgan fingerprint density at radius 2 is 1.90 bits per heavy atom. The first-order valence-electron chi connectivity index (χ1n) is 10.0. The van der Waals surface area contributed by atoms with Crippen molar-refractivity contribution in [2.24, 2.45) is 0 Å². The van der Waals surface area contributed by atoms with Crippen LogP contribution < -0.4 is 9.47 Å². The van der Waals surface area contributed by atoms with Gasteiger partial charge in [-0.2, -0.15) is 0 Å². The van der Waals surface area contributed by atoms with E-state index in [0.29, 0.717) is 36.8 Å². The fourth-order valence-electron chi connectivity index (χ4n) is 3.50. The van der Waals surface area contributed by atoms with E-state index in [0.717, 1.165) is 12.2 Å². The quantitative estimate of drug-likeness (QED) is 0.570. The van der Waals surface area contributed by atoms with Crippen molar-refractivity contribution in [2.75, 3.05) is 27.1 Å². The number of ether oxygens (including phenoxy) is 3. The second-order valence-corrected chi connectivity index (χ2v) is 7.40. The fourth-order valence-corrected chi connectivity index (χ4v) is 3.50. The maximum absolute atomic E-state index is 13.2. The molecule has 0 saturated heterocycles. The number of amides is 1. The molecule has 156 valence electrons. The monoisotopic (exact) mass is 406 g/mol. The standard InChI is InChI=1S/C24H26N2O4/c1-18-5-7-19(8-6-18)15-25-11-3-4-21(25)16-26(12-13-28-2)24(27)20-9-10-22-23(14-20)30-17-29-22/h3-11,14H,12-13,15-17H2,1-2H3. The number of aromatic nitrogens is 1. The molecule has 30 heavy (non-hydrogen) atoms. The Morgan fingerprint density at radius 3 is 2.70 bits per heavy atom. The zero-order chi connectivity index (χ0) is 20.9. The van der Waals surface area contributed by atoms with Gasteiger partial charge in [-0.1, -0.05) is 29.8 Å². The molecule has 1 aliphatic rings. The molecule has 4 rings (SSSR count). The number of carbonyl (C=O) groups excluding carboxylic acids is 1. The lowest BCUT2D eigenvalue weighted by molar-refractivity contribution is 0.0675. The summed E-state index contributed by atoms with van der Waals surface area (Å²) in [5.41, 5.74) is 4.11. The van der Waals surface area contributed by atoms with Gasteiger partial charge in [0.1, 0.15) is 0 Å². The first kappa shape index (κ1) is 20.0. The molecule has 0 aliphatic carbocycles. The fraction of sp³-hybridized carbons (Fsp3) is 0.292. The number of hydrogen-bond donors (Lipinski definition) is 0. The number of benzene rings is 2. The first-order valence-corrected chi connectivity index (χ1v) is 10.0. The Kier molecular flexibility index (Phi) is 6.05. The van der Waals surface area contributed by atoms with Crippen molar-refractivity contribution in [3.05, 3.63) is 83.2 Å². The van der Waals surface area contributed by atoms with E-state index in [-0.39, 0.29) is 12.7 Å². The third-order valence-corrected chi connectivity index (χ3v) is 5.22. The molecule has 0 atom stereocenters. The maximum Gasteiger partial charge on any atom is 0.254 e. The molecule has 0 radical (unpaired) electrons. The van der Waals surface area contributed by atoms with E-state index < -0.39 is 0 Å². The largest absolute Gasteiger partial charge is 0.454 e. The van der Waals surface area contributed by atoms with Crippen LogP contribution >= 0.6 is 0 Å². The summed E-state index contributed by atoms with van der Waals surface area (Å²) in [5.74, 6) is 1.21. The summed E-state index contributed by atoms with van der Waals surface area (Å²) < 4.78 is 18.2. The van der Waals surface area contributed by atoms with Crippen LogP contribution in [0.1, 0.15) is 27.2 Å². The molecule has 1 amide bonds. The normalized spacial score (nSPS) is 12.2. The van der Waals surface area contributed by atoms with Crippen LogP contribution in [0.3, 0.4) is 0 Å². The third kappa shape index (κ3) is 4.49. The topological polar surface area (TPSA) is 52.9 Å². The Labute approximate surface area is 176 Å². The average Bonchev–Trinajstić information content (AvgIpc) is 3.41.